The largest absolute Gasteiger partial charge is 0.135 e. The van der Waals surface area contributed by atoms with Crippen LogP contribution in [0.5, 0.6) is 0 Å². The van der Waals surface area contributed by atoms with Crippen molar-refractivity contribution in [3.8, 4) is 11.1 Å². The molecule has 0 spiro atoms. The van der Waals surface area contributed by atoms with Crippen molar-refractivity contribution < 1.29 is 0 Å². The molecule has 0 radical (unpaired) electrons. The monoisotopic (exact) mass is 227 g/mol. The zero-order chi connectivity index (χ0) is 12.3. The zero-order valence-corrected chi connectivity index (χ0v) is 10.5. The summed E-state index contributed by atoms with van der Waals surface area (Å²) in [6, 6.07) is 10.3. The van der Waals surface area contributed by atoms with Crippen molar-refractivity contribution >= 4 is 0 Å². The molecule has 0 amide bonds. The molecule has 0 atom stereocenters. The third-order valence-corrected chi connectivity index (χ3v) is 2.81. The molecular formula is C14H17N3. The van der Waals surface area contributed by atoms with Crippen LogP contribution >= 0.6 is 0 Å². The minimum Gasteiger partial charge on any atom is -0.135 e. The van der Waals surface area contributed by atoms with E-state index in [1.807, 2.05) is 18.2 Å². The first-order valence-electron chi connectivity index (χ1n) is 6.01. The van der Waals surface area contributed by atoms with E-state index in [1.54, 1.807) is 0 Å². The van der Waals surface area contributed by atoms with Gasteiger partial charge < -0.3 is 0 Å². The molecule has 2 aromatic rings. The molecule has 0 N–H and O–H groups in total. The molecule has 1 aromatic heterocycles. The Labute approximate surface area is 102 Å². The molecule has 1 aromatic carbocycles. The number of rotatable bonds is 3. The molecule has 88 valence electrons. The Balaban J connectivity index is 2.65. The zero-order valence-electron chi connectivity index (χ0n) is 10.5. The van der Waals surface area contributed by atoms with Crippen molar-refractivity contribution in [2.45, 2.75) is 33.1 Å². The summed E-state index contributed by atoms with van der Waals surface area (Å²) >= 11 is 0. The van der Waals surface area contributed by atoms with E-state index in [-0.39, 0.29) is 0 Å². The number of nitrogens with zero attached hydrogens (tertiary/aromatic N) is 3. The summed E-state index contributed by atoms with van der Waals surface area (Å²) in [7, 11) is 0. The van der Waals surface area contributed by atoms with Crippen molar-refractivity contribution in [1.82, 2.24) is 15.4 Å². The average molecular weight is 227 g/mol. The van der Waals surface area contributed by atoms with Gasteiger partial charge in [0.15, 0.2) is 0 Å². The number of hydrogen-bond acceptors (Lipinski definition) is 3. The fourth-order valence-electron chi connectivity index (χ4n) is 1.94. The molecule has 0 bridgehead atoms. The van der Waals surface area contributed by atoms with Crippen LogP contribution in [0, 0.1) is 0 Å². The molecule has 0 saturated heterocycles. The molecule has 0 aliphatic heterocycles. The fraction of sp³-hybridized carbons (Fsp3) is 0.357. The Morgan fingerprint density at radius 1 is 1.06 bits per heavy atom. The van der Waals surface area contributed by atoms with E-state index in [9.17, 15) is 0 Å². The number of aryl methyl sites for hydroxylation is 1. The second kappa shape index (κ2) is 5.04. The maximum atomic E-state index is 4.20. The van der Waals surface area contributed by atoms with Crippen LogP contribution in [-0.2, 0) is 6.42 Å². The lowest BCUT2D eigenvalue weighted by molar-refractivity contribution is 0.725. The van der Waals surface area contributed by atoms with Gasteiger partial charge in [0.2, 0.25) is 0 Å². The molecule has 2 rings (SSSR count). The smallest absolute Gasteiger partial charge is 0.0771 e. The summed E-state index contributed by atoms with van der Waals surface area (Å²) in [5, 5.41) is 12.2. The van der Waals surface area contributed by atoms with Crippen molar-refractivity contribution in [1.29, 1.82) is 0 Å². The fourth-order valence-corrected chi connectivity index (χ4v) is 1.94. The Kier molecular flexibility index (Phi) is 3.47. The second-order valence-electron chi connectivity index (χ2n) is 4.37. The minimum absolute atomic E-state index is 0.353. The van der Waals surface area contributed by atoms with Gasteiger partial charge in [0.05, 0.1) is 11.4 Å². The van der Waals surface area contributed by atoms with E-state index in [2.05, 4.69) is 48.3 Å². The van der Waals surface area contributed by atoms with Crippen molar-refractivity contribution in [3.05, 3.63) is 41.7 Å². The van der Waals surface area contributed by atoms with Crippen molar-refractivity contribution in [2.75, 3.05) is 0 Å². The molecule has 0 unspecified atom stereocenters. The molecule has 0 saturated carbocycles. The van der Waals surface area contributed by atoms with E-state index >= 15 is 0 Å². The lowest BCUT2D eigenvalue weighted by Gasteiger charge is -2.13. The molecule has 17 heavy (non-hydrogen) atoms. The summed E-state index contributed by atoms with van der Waals surface area (Å²) in [4.78, 5) is 0. The van der Waals surface area contributed by atoms with Gasteiger partial charge in [-0.1, -0.05) is 51.1 Å². The molecule has 0 fully saturated rings. The van der Waals surface area contributed by atoms with Gasteiger partial charge in [-0.15, -0.1) is 10.2 Å². The summed E-state index contributed by atoms with van der Waals surface area (Å²) in [6.45, 7) is 6.37. The topological polar surface area (TPSA) is 38.7 Å². The minimum atomic E-state index is 0.353. The van der Waals surface area contributed by atoms with E-state index in [1.165, 1.54) is 5.56 Å². The summed E-state index contributed by atoms with van der Waals surface area (Å²) in [5.41, 5.74) is 4.38. The predicted octanol–water partition coefficient (Wildman–Crippen LogP) is 3.22. The predicted molar refractivity (Wildman–Crippen MR) is 68.7 cm³/mol. The standard InChI is InChI=1S/C14H17N3/c1-4-12-13(11-8-6-5-7-9-11)14(10(2)3)16-17-15-12/h5-10H,4H2,1-3H3. The highest BCUT2D eigenvalue weighted by atomic mass is 15.3. The van der Waals surface area contributed by atoms with E-state index < -0.39 is 0 Å². The van der Waals surface area contributed by atoms with Crippen LogP contribution in [0.2, 0.25) is 0 Å². The van der Waals surface area contributed by atoms with Gasteiger partial charge in [-0.3, -0.25) is 0 Å². The Morgan fingerprint density at radius 2 is 1.76 bits per heavy atom. The van der Waals surface area contributed by atoms with Gasteiger partial charge >= 0.3 is 0 Å². The average Bonchev–Trinajstić information content (AvgIpc) is 2.38. The Morgan fingerprint density at radius 3 is 2.35 bits per heavy atom. The maximum Gasteiger partial charge on any atom is 0.0771 e. The molecule has 0 aliphatic rings. The maximum absolute atomic E-state index is 4.20. The molecule has 3 nitrogen and oxygen atoms in total. The lowest BCUT2D eigenvalue weighted by Crippen LogP contribution is -2.06. The number of benzene rings is 1. The van der Waals surface area contributed by atoms with E-state index in [0.717, 1.165) is 23.4 Å². The lowest BCUT2D eigenvalue weighted by atomic mass is 9.96. The first-order valence-corrected chi connectivity index (χ1v) is 6.01. The summed E-state index contributed by atoms with van der Waals surface area (Å²) in [6.07, 6.45) is 0.874. The molecule has 0 aliphatic carbocycles. The second-order valence-corrected chi connectivity index (χ2v) is 4.37. The highest BCUT2D eigenvalue weighted by Gasteiger charge is 2.15. The van der Waals surface area contributed by atoms with Gasteiger partial charge in [-0.2, -0.15) is 0 Å². The van der Waals surface area contributed by atoms with Gasteiger partial charge in [-0.05, 0) is 23.1 Å². The Bertz CT molecular complexity index is 492. The third kappa shape index (κ3) is 2.33. The highest BCUT2D eigenvalue weighted by molar-refractivity contribution is 5.68. The van der Waals surface area contributed by atoms with Gasteiger partial charge in [0.1, 0.15) is 0 Å². The molecule has 3 heteroatoms. The third-order valence-electron chi connectivity index (χ3n) is 2.81. The first kappa shape index (κ1) is 11.7. The summed E-state index contributed by atoms with van der Waals surface area (Å²) < 4.78 is 0. The van der Waals surface area contributed by atoms with Crippen LogP contribution in [0.15, 0.2) is 30.3 Å². The van der Waals surface area contributed by atoms with Crippen LogP contribution in [-0.4, -0.2) is 15.4 Å². The van der Waals surface area contributed by atoms with Crippen LogP contribution in [0.4, 0.5) is 0 Å². The normalized spacial score (nSPS) is 10.8. The quantitative estimate of drug-likeness (QED) is 0.808. The SMILES string of the molecule is CCc1nnnc(C(C)C)c1-c1ccccc1. The highest BCUT2D eigenvalue weighted by Crippen LogP contribution is 2.29. The van der Waals surface area contributed by atoms with Crippen LogP contribution < -0.4 is 0 Å². The molecular weight excluding hydrogens is 210 g/mol. The van der Waals surface area contributed by atoms with Crippen LogP contribution in [0.3, 0.4) is 0 Å². The Hall–Kier alpha value is -1.77. The van der Waals surface area contributed by atoms with E-state index in [4.69, 9.17) is 0 Å². The van der Waals surface area contributed by atoms with Crippen molar-refractivity contribution in [2.24, 2.45) is 0 Å². The number of hydrogen-bond donors (Lipinski definition) is 0. The van der Waals surface area contributed by atoms with Crippen LogP contribution in [0.1, 0.15) is 38.1 Å². The number of aromatic nitrogens is 3. The molecule has 1 heterocycles. The summed E-state index contributed by atoms with van der Waals surface area (Å²) in [5.74, 6) is 0.353. The van der Waals surface area contributed by atoms with Gasteiger partial charge in [0, 0.05) is 5.56 Å². The van der Waals surface area contributed by atoms with Crippen molar-refractivity contribution in [3.63, 3.8) is 0 Å². The van der Waals surface area contributed by atoms with Crippen LogP contribution in [0.25, 0.3) is 11.1 Å². The first-order chi connectivity index (χ1) is 8.24. The van der Waals surface area contributed by atoms with E-state index in [0.29, 0.717) is 5.92 Å². The van der Waals surface area contributed by atoms with Gasteiger partial charge in [0.25, 0.3) is 0 Å². The van der Waals surface area contributed by atoms with Gasteiger partial charge in [-0.25, -0.2) is 0 Å².